The largest absolute Gasteiger partial charge is 0.416 e. The van der Waals surface area contributed by atoms with Gasteiger partial charge in [0.2, 0.25) is 5.91 Å². The number of halogens is 3. The van der Waals surface area contributed by atoms with Crippen molar-refractivity contribution in [3.8, 4) is 0 Å². The Balaban J connectivity index is 2.04. The number of nitrogens with two attached hydrogens (primary N) is 1. The van der Waals surface area contributed by atoms with E-state index in [0.29, 0.717) is 23.6 Å². The molecule has 1 aromatic carbocycles. The van der Waals surface area contributed by atoms with Crippen molar-refractivity contribution in [3.05, 3.63) is 29.3 Å². The molecule has 2 atom stereocenters. The number of alkyl halides is 3. The highest BCUT2D eigenvalue weighted by Crippen LogP contribution is 2.40. The number of rotatable bonds is 2. The van der Waals surface area contributed by atoms with Crippen LogP contribution in [0.3, 0.4) is 0 Å². The highest BCUT2D eigenvalue weighted by atomic mass is 19.4. The molecule has 2 N–H and O–H groups in total. The van der Waals surface area contributed by atoms with Crippen LogP contribution < -0.4 is 10.6 Å². The summed E-state index contributed by atoms with van der Waals surface area (Å²) in [7, 11) is 0. The van der Waals surface area contributed by atoms with Crippen molar-refractivity contribution in [2.24, 2.45) is 11.7 Å². The molecule has 0 radical (unpaired) electrons. The summed E-state index contributed by atoms with van der Waals surface area (Å²) in [4.78, 5) is 14.0. The summed E-state index contributed by atoms with van der Waals surface area (Å²) in [6.45, 7) is 1.91. The highest BCUT2D eigenvalue weighted by molar-refractivity contribution is 6.00. The van der Waals surface area contributed by atoms with Gasteiger partial charge in [-0.05, 0) is 49.8 Å². The molecule has 6 heteroatoms. The van der Waals surface area contributed by atoms with Crippen LogP contribution in [0.25, 0.3) is 0 Å². The lowest BCUT2D eigenvalue weighted by Gasteiger charge is -2.43. The predicted molar refractivity (Wildman–Crippen MR) is 77.4 cm³/mol. The summed E-state index contributed by atoms with van der Waals surface area (Å²) < 4.78 is 38.9. The summed E-state index contributed by atoms with van der Waals surface area (Å²) in [5.74, 6) is 0.0721. The maximum absolute atomic E-state index is 13.0. The Morgan fingerprint density at radius 2 is 2.00 bits per heavy atom. The third kappa shape index (κ3) is 2.49. The molecular formula is C16H19F3N2O. The van der Waals surface area contributed by atoms with Crippen LogP contribution in [0, 0.1) is 5.92 Å². The Labute approximate surface area is 127 Å². The first kappa shape index (κ1) is 15.3. The fourth-order valence-electron chi connectivity index (χ4n) is 3.31. The van der Waals surface area contributed by atoms with E-state index in [9.17, 15) is 18.0 Å². The summed E-state index contributed by atoms with van der Waals surface area (Å²) in [6, 6.07) is 2.81. The van der Waals surface area contributed by atoms with Gasteiger partial charge in [0.15, 0.2) is 0 Å². The van der Waals surface area contributed by atoms with Gasteiger partial charge >= 0.3 is 6.18 Å². The van der Waals surface area contributed by atoms with E-state index in [1.807, 2.05) is 6.92 Å². The normalized spacial score (nSPS) is 24.0. The summed E-state index contributed by atoms with van der Waals surface area (Å²) in [5, 5.41) is 0. The zero-order valence-electron chi connectivity index (χ0n) is 12.4. The van der Waals surface area contributed by atoms with E-state index in [-0.39, 0.29) is 11.9 Å². The van der Waals surface area contributed by atoms with Crippen molar-refractivity contribution in [1.82, 2.24) is 0 Å². The van der Waals surface area contributed by atoms with Gasteiger partial charge in [0.25, 0.3) is 0 Å². The molecule has 0 spiro atoms. The Morgan fingerprint density at radius 1 is 1.32 bits per heavy atom. The summed E-state index contributed by atoms with van der Waals surface area (Å²) in [5.41, 5.74) is 6.26. The van der Waals surface area contributed by atoms with E-state index < -0.39 is 17.8 Å². The van der Waals surface area contributed by atoms with Gasteiger partial charge in [-0.25, -0.2) is 0 Å². The summed E-state index contributed by atoms with van der Waals surface area (Å²) in [6.07, 6.45) is -0.995. The van der Waals surface area contributed by atoms with Crippen molar-refractivity contribution >= 4 is 11.6 Å². The van der Waals surface area contributed by atoms with Gasteiger partial charge in [0.1, 0.15) is 0 Å². The lowest BCUT2D eigenvalue weighted by Crippen LogP contribution is -2.55. The molecular weight excluding hydrogens is 293 g/mol. The number of amides is 1. The number of nitrogens with zero attached hydrogens (tertiary/aromatic N) is 1. The Hall–Kier alpha value is -1.56. The quantitative estimate of drug-likeness (QED) is 0.912. The van der Waals surface area contributed by atoms with E-state index in [4.69, 9.17) is 5.73 Å². The molecule has 1 unspecified atom stereocenters. The zero-order valence-corrected chi connectivity index (χ0v) is 12.4. The minimum Gasteiger partial charge on any atom is -0.320 e. The molecule has 1 heterocycles. The third-order valence-electron chi connectivity index (χ3n) is 4.91. The van der Waals surface area contributed by atoms with E-state index in [2.05, 4.69) is 0 Å². The van der Waals surface area contributed by atoms with Crippen LogP contribution in [0.1, 0.15) is 37.3 Å². The minimum absolute atomic E-state index is 0.116. The molecule has 120 valence electrons. The third-order valence-corrected chi connectivity index (χ3v) is 4.91. The van der Waals surface area contributed by atoms with Gasteiger partial charge in [-0.2, -0.15) is 13.2 Å². The molecule has 1 saturated carbocycles. The van der Waals surface area contributed by atoms with E-state index in [0.717, 1.165) is 31.4 Å². The highest BCUT2D eigenvalue weighted by Gasteiger charge is 2.40. The lowest BCUT2D eigenvalue weighted by atomic mass is 9.78. The van der Waals surface area contributed by atoms with Crippen LogP contribution in [-0.2, 0) is 17.4 Å². The number of carbonyl (C=O) groups is 1. The van der Waals surface area contributed by atoms with Gasteiger partial charge in [-0.1, -0.05) is 12.5 Å². The number of fused-ring (bicyclic) bond motifs is 1. The number of anilines is 1. The van der Waals surface area contributed by atoms with Gasteiger partial charge in [-0.15, -0.1) is 0 Å². The van der Waals surface area contributed by atoms with Crippen molar-refractivity contribution in [2.45, 2.75) is 50.9 Å². The first-order chi connectivity index (χ1) is 10.3. The SMILES string of the molecule is CC(C1CCC1)N1C(=O)[C@H](N)Cc2ccc(C(F)(F)F)cc21. The standard InChI is InChI=1S/C16H19F3N2O/c1-9(10-3-2-4-10)21-14-8-12(16(17,18)19)6-5-11(14)7-13(20)15(21)22/h5-6,8-10,13H,2-4,7,20H2,1H3/t9?,13-/m1/s1. The van der Waals surface area contributed by atoms with E-state index >= 15 is 0 Å². The number of hydrogen-bond donors (Lipinski definition) is 1. The zero-order chi connectivity index (χ0) is 16.1. The predicted octanol–water partition coefficient (Wildman–Crippen LogP) is 3.11. The van der Waals surface area contributed by atoms with Crippen LogP contribution in [0.15, 0.2) is 18.2 Å². The Morgan fingerprint density at radius 3 is 2.55 bits per heavy atom. The van der Waals surface area contributed by atoms with Gasteiger partial charge in [0.05, 0.1) is 11.6 Å². The van der Waals surface area contributed by atoms with Crippen LogP contribution >= 0.6 is 0 Å². The number of hydrogen-bond acceptors (Lipinski definition) is 2. The molecule has 1 fully saturated rings. The smallest absolute Gasteiger partial charge is 0.320 e. The van der Waals surface area contributed by atoms with Gasteiger partial charge < -0.3 is 10.6 Å². The number of benzene rings is 1. The molecule has 1 aromatic rings. The monoisotopic (exact) mass is 312 g/mol. The molecule has 0 bridgehead atoms. The second-order valence-corrected chi connectivity index (χ2v) is 6.29. The molecule has 1 amide bonds. The van der Waals surface area contributed by atoms with Crippen LogP contribution in [0.2, 0.25) is 0 Å². The Kier molecular flexibility index (Phi) is 3.67. The lowest BCUT2D eigenvalue weighted by molar-refractivity contribution is -0.137. The fourth-order valence-corrected chi connectivity index (χ4v) is 3.31. The van der Waals surface area contributed by atoms with Crippen molar-refractivity contribution < 1.29 is 18.0 Å². The van der Waals surface area contributed by atoms with Crippen LogP contribution in [0.5, 0.6) is 0 Å². The molecule has 1 aliphatic carbocycles. The van der Waals surface area contributed by atoms with Crippen molar-refractivity contribution in [2.75, 3.05) is 4.90 Å². The van der Waals surface area contributed by atoms with Gasteiger partial charge in [0, 0.05) is 11.7 Å². The summed E-state index contributed by atoms with van der Waals surface area (Å²) >= 11 is 0. The Bertz CT molecular complexity index is 596. The molecule has 0 saturated heterocycles. The van der Waals surface area contributed by atoms with Gasteiger partial charge in [-0.3, -0.25) is 4.79 Å². The molecule has 3 rings (SSSR count). The minimum atomic E-state index is -4.41. The second kappa shape index (κ2) is 5.26. The van der Waals surface area contributed by atoms with Crippen molar-refractivity contribution in [1.29, 1.82) is 0 Å². The maximum Gasteiger partial charge on any atom is 0.416 e. The van der Waals surface area contributed by atoms with Crippen LogP contribution in [0.4, 0.5) is 18.9 Å². The van der Waals surface area contributed by atoms with Crippen molar-refractivity contribution in [3.63, 3.8) is 0 Å². The van der Waals surface area contributed by atoms with E-state index in [1.54, 1.807) is 0 Å². The van der Waals surface area contributed by atoms with Crippen LogP contribution in [-0.4, -0.2) is 18.0 Å². The van der Waals surface area contributed by atoms with E-state index in [1.165, 1.54) is 11.0 Å². The first-order valence-electron chi connectivity index (χ1n) is 7.58. The average molecular weight is 312 g/mol. The maximum atomic E-state index is 13.0. The molecule has 0 aromatic heterocycles. The number of carbonyl (C=O) groups excluding carboxylic acids is 1. The molecule has 1 aliphatic heterocycles. The second-order valence-electron chi connectivity index (χ2n) is 6.29. The average Bonchev–Trinajstić information content (AvgIpc) is 2.36. The first-order valence-corrected chi connectivity index (χ1v) is 7.58. The molecule has 2 aliphatic rings. The molecule has 3 nitrogen and oxygen atoms in total. The fraction of sp³-hybridized carbons (Fsp3) is 0.562. The molecule has 22 heavy (non-hydrogen) atoms. The topological polar surface area (TPSA) is 46.3 Å².